The molecule has 0 saturated heterocycles. The van der Waals surface area contributed by atoms with Gasteiger partial charge in [0, 0.05) is 19.0 Å². The third kappa shape index (κ3) is 5.22. The average molecular weight is 472 g/mol. The number of ketones is 1. The van der Waals surface area contributed by atoms with Gasteiger partial charge in [0.25, 0.3) is 0 Å². The van der Waals surface area contributed by atoms with E-state index in [1.54, 1.807) is 12.1 Å². The molecule has 0 atom stereocenters. The summed E-state index contributed by atoms with van der Waals surface area (Å²) in [5.41, 5.74) is 1.90. The van der Waals surface area contributed by atoms with Gasteiger partial charge in [0.2, 0.25) is 5.91 Å². The predicted molar refractivity (Wildman–Crippen MR) is 125 cm³/mol. The summed E-state index contributed by atoms with van der Waals surface area (Å²) in [5, 5.41) is 3.07. The number of Topliss-reactive ketones (excluding diaryl/α,β-unsaturated/α-hetero) is 1. The quantitative estimate of drug-likeness (QED) is 0.594. The van der Waals surface area contributed by atoms with Crippen molar-refractivity contribution in [1.82, 2.24) is 4.90 Å². The van der Waals surface area contributed by atoms with Crippen LogP contribution in [-0.4, -0.2) is 49.9 Å². The maximum Gasteiger partial charge on any atom is 0.325 e. The number of amides is 3. The number of hydrogen-bond donors (Lipinski definition) is 1. The summed E-state index contributed by atoms with van der Waals surface area (Å²) in [6.45, 7) is 0.158. The van der Waals surface area contributed by atoms with Crippen LogP contribution >= 0.6 is 11.6 Å². The summed E-state index contributed by atoms with van der Waals surface area (Å²) in [5.74, 6) is 0.870. The maximum atomic E-state index is 13.2. The van der Waals surface area contributed by atoms with Crippen molar-refractivity contribution in [2.45, 2.75) is 25.8 Å². The van der Waals surface area contributed by atoms with Gasteiger partial charge in [-0.2, -0.15) is 0 Å². The molecule has 4 rings (SSSR count). The highest BCUT2D eigenvalue weighted by Crippen LogP contribution is 2.36. The highest BCUT2D eigenvalue weighted by atomic mass is 35.5. The van der Waals surface area contributed by atoms with Crippen LogP contribution in [-0.2, 0) is 16.1 Å². The number of hydrogen-bond acceptors (Lipinski definition) is 5. The molecular weight excluding hydrogens is 446 g/mol. The second kappa shape index (κ2) is 9.70. The summed E-state index contributed by atoms with van der Waals surface area (Å²) in [7, 11) is 2.96. The summed E-state index contributed by atoms with van der Waals surface area (Å²) >= 11 is 6.20. The van der Waals surface area contributed by atoms with E-state index in [2.05, 4.69) is 5.32 Å². The Balaban J connectivity index is 1.52. The van der Waals surface area contributed by atoms with Crippen LogP contribution in [0.4, 0.5) is 16.2 Å². The van der Waals surface area contributed by atoms with E-state index in [-0.39, 0.29) is 24.9 Å². The SMILES string of the molecule is COc1cc(OC)c(NC(=O)CN2C(=O)N(CC(=O)CC3CC3)Cc3ccccc32)cc1Cl. The van der Waals surface area contributed by atoms with Crippen molar-refractivity contribution in [3.8, 4) is 11.5 Å². The second-order valence-electron chi connectivity index (χ2n) is 8.27. The Hall–Kier alpha value is -3.26. The minimum absolute atomic E-state index is 0.0453. The lowest BCUT2D eigenvalue weighted by Crippen LogP contribution is -2.51. The van der Waals surface area contributed by atoms with Gasteiger partial charge in [-0.3, -0.25) is 14.5 Å². The standard InChI is InChI=1S/C24H26ClN3O5/c1-32-21-11-22(33-2)19(10-18(21)25)26-23(30)14-28-20-6-4-3-5-16(20)12-27(24(28)31)13-17(29)9-15-7-8-15/h3-6,10-11,15H,7-9,12-14H2,1-2H3,(H,26,30). The number of para-hydroxylation sites is 1. The minimum atomic E-state index is -0.427. The molecule has 0 bridgehead atoms. The van der Waals surface area contributed by atoms with Gasteiger partial charge in [0.15, 0.2) is 5.78 Å². The number of rotatable bonds is 9. The number of benzene rings is 2. The van der Waals surface area contributed by atoms with Gasteiger partial charge in [-0.15, -0.1) is 0 Å². The zero-order valence-corrected chi connectivity index (χ0v) is 19.4. The van der Waals surface area contributed by atoms with Crippen molar-refractivity contribution in [2.24, 2.45) is 5.92 Å². The topological polar surface area (TPSA) is 88.2 Å². The first-order valence-corrected chi connectivity index (χ1v) is 11.1. The molecule has 33 heavy (non-hydrogen) atoms. The molecule has 174 valence electrons. The van der Waals surface area contributed by atoms with Crippen LogP contribution in [0, 0.1) is 5.92 Å². The molecule has 1 aliphatic heterocycles. The van der Waals surface area contributed by atoms with Crippen LogP contribution in [0.15, 0.2) is 36.4 Å². The summed E-state index contributed by atoms with van der Waals surface area (Å²) in [6, 6.07) is 10.1. The summed E-state index contributed by atoms with van der Waals surface area (Å²) in [6.07, 6.45) is 2.66. The third-order valence-electron chi connectivity index (χ3n) is 5.78. The van der Waals surface area contributed by atoms with Gasteiger partial charge in [-0.1, -0.05) is 29.8 Å². The molecule has 1 heterocycles. The van der Waals surface area contributed by atoms with Crippen molar-refractivity contribution >= 4 is 40.7 Å². The number of fused-ring (bicyclic) bond motifs is 1. The zero-order chi connectivity index (χ0) is 23.5. The highest BCUT2D eigenvalue weighted by molar-refractivity contribution is 6.32. The Bertz CT molecular complexity index is 1090. The van der Waals surface area contributed by atoms with Gasteiger partial charge in [-0.25, -0.2) is 4.79 Å². The molecule has 0 spiro atoms. The number of urea groups is 1. The molecule has 2 aliphatic rings. The van der Waals surface area contributed by atoms with Gasteiger partial charge in [-0.05, 0) is 36.5 Å². The van der Waals surface area contributed by atoms with E-state index in [1.165, 1.54) is 30.1 Å². The molecule has 0 aromatic heterocycles. The van der Waals surface area contributed by atoms with Crippen LogP contribution in [0.25, 0.3) is 0 Å². The summed E-state index contributed by atoms with van der Waals surface area (Å²) in [4.78, 5) is 41.5. The molecular formula is C24H26ClN3O5. The first-order valence-electron chi connectivity index (χ1n) is 10.8. The number of halogens is 1. The van der Waals surface area contributed by atoms with Crippen molar-refractivity contribution in [3.05, 3.63) is 47.0 Å². The molecule has 0 radical (unpaired) electrons. The number of nitrogens with zero attached hydrogens (tertiary/aromatic N) is 2. The van der Waals surface area contributed by atoms with Gasteiger partial charge < -0.3 is 19.7 Å². The number of carbonyl (C=O) groups is 3. The molecule has 3 amide bonds. The monoisotopic (exact) mass is 471 g/mol. The van der Waals surface area contributed by atoms with Gasteiger partial charge in [0.1, 0.15) is 18.0 Å². The Morgan fingerprint density at radius 3 is 2.52 bits per heavy atom. The van der Waals surface area contributed by atoms with E-state index in [9.17, 15) is 14.4 Å². The van der Waals surface area contributed by atoms with E-state index in [0.717, 1.165) is 18.4 Å². The Morgan fingerprint density at radius 1 is 1.09 bits per heavy atom. The fourth-order valence-electron chi connectivity index (χ4n) is 3.94. The fraction of sp³-hybridized carbons (Fsp3) is 0.375. The Labute approximate surface area is 197 Å². The van der Waals surface area contributed by atoms with E-state index in [0.29, 0.717) is 46.8 Å². The highest BCUT2D eigenvalue weighted by Gasteiger charge is 2.33. The largest absolute Gasteiger partial charge is 0.495 e. The lowest BCUT2D eigenvalue weighted by molar-refractivity contribution is -0.120. The van der Waals surface area contributed by atoms with Crippen LogP contribution < -0.4 is 19.7 Å². The number of ether oxygens (including phenoxy) is 2. The van der Waals surface area contributed by atoms with Crippen LogP contribution in [0.2, 0.25) is 5.02 Å². The van der Waals surface area contributed by atoms with E-state index in [1.807, 2.05) is 18.2 Å². The molecule has 1 fully saturated rings. The number of carbonyl (C=O) groups excluding carboxylic acids is 3. The number of anilines is 2. The van der Waals surface area contributed by atoms with Crippen molar-refractivity contribution < 1.29 is 23.9 Å². The predicted octanol–water partition coefficient (Wildman–Crippen LogP) is 4.11. The molecule has 0 unspecified atom stereocenters. The van der Waals surface area contributed by atoms with Crippen LogP contribution in [0.3, 0.4) is 0 Å². The first-order chi connectivity index (χ1) is 15.9. The normalized spacial score (nSPS) is 15.2. The molecule has 2 aromatic carbocycles. The Morgan fingerprint density at radius 2 is 1.82 bits per heavy atom. The van der Waals surface area contributed by atoms with E-state index < -0.39 is 5.91 Å². The first kappa shape index (κ1) is 22.9. The van der Waals surface area contributed by atoms with Crippen molar-refractivity contribution in [1.29, 1.82) is 0 Å². The lowest BCUT2D eigenvalue weighted by atomic mass is 10.1. The minimum Gasteiger partial charge on any atom is -0.495 e. The maximum absolute atomic E-state index is 13.2. The summed E-state index contributed by atoms with van der Waals surface area (Å²) < 4.78 is 10.5. The van der Waals surface area contributed by atoms with Crippen LogP contribution in [0.5, 0.6) is 11.5 Å². The van der Waals surface area contributed by atoms with E-state index >= 15 is 0 Å². The van der Waals surface area contributed by atoms with Crippen LogP contribution in [0.1, 0.15) is 24.8 Å². The molecule has 9 heteroatoms. The lowest BCUT2D eigenvalue weighted by Gasteiger charge is -2.36. The Kier molecular flexibility index (Phi) is 6.74. The van der Waals surface area contributed by atoms with Gasteiger partial charge >= 0.3 is 6.03 Å². The van der Waals surface area contributed by atoms with Crippen molar-refractivity contribution in [2.75, 3.05) is 37.5 Å². The zero-order valence-electron chi connectivity index (χ0n) is 18.6. The number of nitrogens with one attached hydrogen (secondary N) is 1. The molecule has 2 aromatic rings. The molecule has 1 saturated carbocycles. The fourth-order valence-corrected chi connectivity index (χ4v) is 4.18. The molecule has 8 nitrogen and oxygen atoms in total. The van der Waals surface area contributed by atoms with E-state index in [4.69, 9.17) is 21.1 Å². The van der Waals surface area contributed by atoms with Crippen molar-refractivity contribution in [3.63, 3.8) is 0 Å². The van der Waals surface area contributed by atoms with Gasteiger partial charge in [0.05, 0.1) is 37.2 Å². The second-order valence-corrected chi connectivity index (χ2v) is 8.68. The molecule has 1 N–H and O–H groups in total. The third-order valence-corrected chi connectivity index (χ3v) is 6.07. The molecule has 1 aliphatic carbocycles. The average Bonchev–Trinajstić information content (AvgIpc) is 3.60. The number of methoxy groups -OCH3 is 2. The smallest absolute Gasteiger partial charge is 0.325 e.